The van der Waals surface area contributed by atoms with E-state index < -0.39 is 5.97 Å². The highest BCUT2D eigenvalue weighted by Gasteiger charge is 2.25. The zero-order valence-electron chi connectivity index (χ0n) is 12.4. The van der Waals surface area contributed by atoms with Gasteiger partial charge < -0.3 is 15.3 Å². The van der Waals surface area contributed by atoms with E-state index in [0.29, 0.717) is 19.5 Å². The molecule has 1 aliphatic rings. The molecule has 1 aromatic heterocycles. The molecule has 7 heteroatoms. The summed E-state index contributed by atoms with van der Waals surface area (Å²) in [5.41, 5.74) is 0.00463. The van der Waals surface area contributed by atoms with Gasteiger partial charge in [0.25, 0.3) is 5.91 Å². The molecule has 0 spiro atoms. The first kappa shape index (κ1) is 15.9. The summed E-state index contributed by atoms with van der Waals surface area (Å²) in [6.07, 6.45) is 2.00. The Bertz CT molecular complexity index is 580. The third-order valence-electron chi connectivity index (χ3n) is 3.84. The van der Waals surface area contributed by atoms with E-state index >= 15 is 0 Å². The van der Waals surface area contributed by atoms with Crippen molar-refractivity contribution in [1.82, 2.24) is 15.2 Å². The molecule has 2 heterocycles. The van der Waals surface area contributed by atoms with E-state index in [1.807, 2.05) is 0 Å². The number of rotatable bonds is 4. The molecule has 1 fully saturated rings. The number of amides is 2. The first-order valence-electron chi connectivity index (χ1n) is 7.21. The molecular formula is C15H19N3O4. The zero-order valence-corrected chi connectivity index (χ0v) is 12.4. The minimum atomic E-state index is -1.15. The Kier molecular flexibility index (Phi) is 5.08. The monoisotopic (exact) mass is 305 g/mol. The van der Waals surface area contributed by atoms with Crippen LogP contribution < -0.4 is 5.32 Å². The van der Waals surface area contributed by atoms with Crippen LogP contribution in [-0.2, 0) is 4.79 Å². The minimum Gasteiger partial charge on any atom is -0.477 e. The van der Waals surface area contributed by atoms with Crippen LogP contribution in [-0.4, -0.2) is 52.9 Å². The van der Waals surface area contributed by atoms with Crippen LogP contribution in [0.2, 0.25) is 0 Å². The maximum Gasteiger partial charge on any atom is 0.354 e. The molecule has 0 aromatic carbocycles. The first-order chi connectivity index (χ1) is 10.5. The summed E-state index contributed by atoms with van der Waals surface area (Å²) in [6, 6.07) is 4.39. The maximum atomic E-state index is 12.4. The molecule has 0 unspecified atom stereocenters. The predicted molar refractivity (Wildman–Crippen MR) is 78.5 cm³/mol. The summed E-state index contributed by atoms with van der Waals surface area (Å²) in [4.78, 5) is 40.1. The van der Waals surface area contributed by atoms with Gasteiger partial charge in [0.05, 0.1) is 0 Å². The number of likely N-dealkylation sites (tertiary alicyclic amines) is 1. The smallest absolute Gasteiger partial charge is 0.354 e. The Labute approximate surface area is 128 Å². The molecule has 1 aliphatic heterocycles. The van der Waals surface area contributed by atoms with E-state index in [0.717, 1.165) is 12.8 Å². The van der Waals surface area contributed by atoms with Gasteiger partial charge in [-0.05, 0) is 30.9 Å². The normalized spacial score (nSPS) is 15.4. The lowest BCUT2D eigenvalue weighted by Crippen LogP contribution is -2.39. The number of carboxylic acids is 1. The molecule has 1 aromatic rings. The number of nitrogens with zero attached hydrogens (tertiary/aromatic N) is 2. The van der Waals surface area contributed by atoms with Crippen LogP contribution in [0.3, 0.4) is 0 Å². The van der Waals surface area contributed by atoms with E-state index in [1.54, 1.807) is 11.9 Å². The molecule has 118 valence electrons. The number of hydrogen-bond acceptors (Lipinski definition) is 4. The van der Waals surface area contributed by atoms with Crippen molar-refractivity contribution in [2.24, 2.45) is 5.92 Å². The van der Waals surface area contributed by atoms with Gasteiger partial charge in [-0.1, -0.05) is 6.07 Å². The van der Waals surface area contributed by atoms with Gasteiger partial charge in [0, 0.05) is 26.6 Å². The van der Waals surface area contributed by atoms with Gasteiger partial charge in [0.1, 0.15) is 11.4 Å². The molecule has 0 atom stereocenters. The Balaban J connectivity index is 1.96. The third-order valence-corrected chi connectivity index (χ3v) is 3.84. The minimum absolute atomic E-state index is 0.0144. The van der Waals surface area contributed by atoms with Crippen molar-refractivity contribution in [3.8, 4) is 0 Å². The SMILES string of the molecule is CNC(=O)CC1CCN(C(=O)c2cccc(C(=O)O)n2)CC1. The van der Waals surface area contributed by atoms with E-state index in [9.17, 15) is 14.4 Å². The molecule has 1 saturated heterocycles. The van der Waals surface area contributed by atoms with E-state index in [1.165, 1.54) is 18.2 Å². The molecule has 0 bridgehead atoms. The van der Waals surface area contributed by atoms with Crippen LogP contribution in [0.15, 0.2) is 18.2 Å². The second kappa shape index (κ2) is 7.02. The molecule has 7 nitrogen and oxygen atoms in total. The Morgan fingerprint density at radius 1 is 1.27 bits per heavy atom. The van der Waals surface area contributed by atoms with Crippen molar-refractivity contribution in [3.05, 3.63) is 29.6 Å². The number of piperidine rings is 1. The van der Waals surface area contributed by atoms with E-state index in [4.69, 9.17) is 5.11 Å². The van der Waals surface area contributed by atoms with E-state index in [2.05, 4.69) is 10.3 Å². The highest BCUT2D eigenvalue weighted by atomic mass is 16.4. The van der Waals surface area contributed by atoms with Gasteiger partial charge in [-0.3, -0.25) is 9.59 Å². The number of carbonyl (C=O) groups excluding carboxylic acids is 2. The van der Waals surface area contributed by atoms with Crippen molar-refractivity contribution >= 4 is 17.8 Å². The quantitative estimate of drug-likeness (QED) is 0.856. The van der Waals surface area contributed by atoms with Gasteiger partial charge >= 0.3 is 5.97 Å². The lowest BCUT2D eigenvalue weighted by atomic mass is 9.93. The molecule has 2 amide bonds. The van der Waals surface area contributed by atoms with Crippen LogP contribution in [0.4, 0.5) is 0 Å². The number of aromatic nitrogens is 1. The van der Waals surface area contributed by atoms with Gasteiger partial charge in [-0.15, -0.1) is 0 Å². The summed E-state index contributed by atoms with van der Waals surface area (Å²) in [5, 5.41) is 11.5. The van der Waals surface area contributed by atoms with Crippen LogP contribution in [0, 0.1) is 5.92 Å². The number of pyridine rings is 1. The van der Waals surface area contributed by atoms with Crippen LogP contribution in [0.5, 0.6) is 0 Å². The largest absolute Gasteiger partial charge is 0.477 e. The Morgan fingerprint density at radius 2 is 1.91 bits per heavy atom. The average Bonchev–Trinajstić information content (AvgIpc) is 2.55. The van der Waals surface area contributed by atoms with E-state index in [-0.39, 0.29) is 29.1 Å². The molecule has 2 rings (SSSR count). The fraction of sp³-hybridized carbons (Fsp3) is 0.467. The topological polar surface area (TPSA) is 99.6 Å². The summed E-state index contributed by atoms with van der Waals surface area (Å²) in [5.74, 6) is -1.12. The van der Waals surface area contributed by atoms with Gasteiger partial charge in [-0.25, -0.2) is 9.78 Å². The van der Waals surface area contributed by atoms with Crippen molar-refractivity contribution in [2.45, 2.75) is 19.3 Å². The summed E-state index contributed by atoms with van der Waals surface area (Å²) in [6.45, 7) is 1.11. The highest BCUT2D eigenvalue weighted by Crippen LogP contribution is 2.21. The van der Waals surface area contributed by atoms with Gasteiger partial charge in [-0.2, -0.15) is 0 Å². The van der Waals surface area contributed by atoms with Gasteiger partial charge in [0.2, 0.25) is 5.91 Å². The number of carboxylic acid groups (broad SMARTS) is 1. The predicted octanol–water partition coefficient (Wildman–Crippen LogP) is 0.768. The van der Waals surface area contributed by atoms with Crippen molar-refractivity contribution in [3.63, 3.8) is 0 Å². The average molecular weight is 305 g/mol. The lowest BCUT2D eigenvalue weighted by Gasteiger charge is -2.31. The highest BCUT2D eigenvalue weighted by molar-refractivity contribution is 5.94. The molecule has 0 aliphatic carbocycles. The summed E-state index contributed by atoms with van der Waals surface area (Å²) >= 11 is 0. The van der Waals surface area contributed by atoms with Crippen LogP contribution in [0.1, 0.15) is 40.2 Å². The summed E-state index contributed by atoms with van der Waals surface area (Å²) in [7, 11) is 1.61. The second-order valence-electron chi connectivity index (χ2n) is 5.33. The fourth-order valence-corrected chi connectivity index (χ4v) is 2.54. The molecule has 0 radical (unpaired) electrons. The lowest BCUT2D eigenvalue weighted by molar-refractivity contribution is -0.121. The number of nitrogens with one attached hydrogen (secondary N) is 1. The van der Waals surface area contributed by atoms with Crippen molar-refractivity contribution in [1.29, 1.82) is 0 Å². The maximum absolute atomic E-state index is 12.4. The second-order valence-corrected chi connectivity index (χ2v) is 5.33. The number of hydrogen-bond donors (Lipinski definition) is 2. The zero-order chi connectivity index (χ0) is 16.1. The van der Waals surface area contributed by atoms with Gasteiger partial charge in [0.15, 0.2) is 0 Å². The van der Waals surface area contributed by atoms with Crippen LogP contribution >= 0.6 is 0 Å². The fourth-order valence-electron chi connectivity index (χ4n) is 2.54. The molecule has 22 heavy (non-hydrogen) atoms. The third kappa shape index (κ3) is 3.81. The first-order valence-corrected chi connectivity index (χ1v) is 7.21. The number of aromatic carboxylic acids is 1. The molecule has 0 saturated carbocycles. The Morgan fingerprint density at radius 3 is 2.50 bits per heavy atom. The van der Waals surface area contributed by atoms with Crippen LogP contribution in [0.25, 0.3) is 0 Å². The van der Waals surface area contributed by atoms with Crippen molar-refractivity contribution < 1.29 is 19.5 Å². The van der Waals surface area contributed by atoms with Crippen molar-refractivity contribution in [2.75, 3.05) is 20.1 Å². The standard InChI is InChI=1S/C15H19N3O4/c1-16-13(19)9-10-5-7-18(8-6-10)14(20)11-3-2-4-12(17-11)15(21)22/h2-4,10H,5-9H2,1H3,(H,16,19)(H,21,22). The molecule has 2 N–H and O–H groups in total. The summed E-state index contributed by atoms with van der Waals surface area (Å²) < 4.78 is 0. The number of carbonyl (C=O) groups is 3. The molecular weight excluding hydrogens is 286 g/mol. The Hall–Kier alpha value is -2.44.